The van der Waals surface area contributed by atoms with E-state index in [0.29, 0.717) is 18.0 Å². The highest BCUT2D eigenvalue weighted by Gasteiger charge is 2.24. The lowest BCUT2D eigenvalue weighted by Gasteiger charge is -2.36. The fourth-order valence-corrected chi connectivity index (χ4v) is 2.71. The highest BCUT2D eigenvalue weighted by Crippen LogP contribution is 2.25. The number of nitro groups is 1. The molecule has 1 N–H and O–H groups in total. The molecule has 0 aromatic heterocycles. The molecule has 20 heavy (non-hydrogen) atoms. The summed E-state index contributed by atoms with van der Waals surface area (Å²) < 4.78 is 0. The molecular formula is C15H22N2O3. The standard InChI is InChI=1S/C15H22N2O3/c1-11-6-7-16(9-12(11)2)10-15(18)13-4-3-5-14(8-13)17(19)20/h3-5,8,11-12,15,18H,6-7,9-10H2,1-2H3. The normalized spacial score (nSPS) is 25.4. The van der Waals surface area contributed by atoms with Gasteiger partial charge in [0.1, 0.15) is 0 Å². The summed E-state index contributed by atoms with van der Waals surface area (Å²) >= 11 is 0. The first-order chi connectivity index (χ1) is 9.47. The van der Waals surface area contributed by atoms with Gasteiger partial charge in [-0.25, -0.2) is 0 Å². The van der Waals surface area contributed by atoms with Crippen LogP contribution in [0.2, 0.25) is 0 Å². The number of aliphatic hydroxyl groups is 1. The Balaban J connectivity index is 1.99. The zero-order chi connectivity index (χ0) is 14.7. The van der Waals surface area contributed by atoms with E-state index >= 15 is 0 Å². The number of rotatable bonds is 4. The number of hydrogen-bond donors (Lipinski definition) is 1. The molecule has 2 rings (SSSR count). The molecule has 0 saturated carbocycles. The topological polar surface area (TPSA) is 66.6 Å². The molecule has 0 bridgehead atoms. The molecule has 5 heteroatoms. The minimum absolute atomic E-state index is 0.0298. The van der Waals surface area contributed by atoms with Gasteiger partial charge in [-0.15, -0.1) is 0 Å². The van der Waals surface area contributed by atoms with Crippen molar-refractivity contribution in [1.29, 1.82) is 0 Å². The largest absolute Gasteiger partial charge is 0.387 e. The van der Waals surface area contributed by atoms with Crippen molar-refractivity contribution in [2.45, 2.75) is 26.4 Å². The van der Waals surface area contributed by atoms with Crippen molar-refractivity contribution in [3.8, 4) is 0 Å². The minimum atomic E-state index is -0.671. The van der Waals surface area contributed by atoms with Crippen molar-refractivity contribution < 1.29 is 10.0 Å². The van der Waals surface area contributed by atoms with E-state index in [1.54, 1.807) is 12.1 Å². The second kappa shape index (κ2) is 6.33. The summed E-state index contributed by atoms with van der Waals surface area (Å²) in [6, 6.07) is 6.27. The Bertz CT molecular complexity index is 478. The first-order valence-corrected chi connectivity index (χ1v) is 7.12. The Hall–Kier alpha value is -1.46. The molecule has 1 aliphatic heterocycles. The lowest BCUT2D eigenvalue weighted by molar-refractivity contribution is -0.385. The van der Waals surface area contributed by atoms with Gasteiger partial charge in [0, 0.05) is 25.2 Å². The van der Waals surface area contributed by atoms with E-state index in [0.717, 1.165) is 25.4 Å². The molecule has 0 spiro atoms. The maximum absolute atomic E-state index is 10.8. The Labute approximate surface area is 119 Å². The summed E-state index contributed by atoms with van der Waals surface area (Å²) in [6.07, 6.45) is 0.471. The molecule has 1 aromatic rings. The summed E-state index contributed by atoms with van der Waals surface area (Å²) in [5.41, 5.74) is 0.646. The molecule has 1 fully saturated rings. The summed E-state index contributed by atoms with van der Waals surface area (Å²) in [7, 11) is 0. The van der Waals surface area contributed by atoms with Gasteiger partial charge in [0.15, 0.2) is 0 Å². The second-order valence-electron chi connectivity index (χ2n) is 5.87. The van der Waals surface area contributed by atoms with Crippen molar-refractivity contribution in [3.63, 3.8) is 0 Å². The summed E-state index contributed by atoms with van der Waals surface area (Å²) in [5, 5.41) is 21.0. The summed E-state index contributed by atoms with van der Waals surface area (Å²) in [4.78, 5) is 12.6. The van der Waals surface area contributed by atoms with Crippen LogP contribution in [0.25, 0.3) is 0 Å². The Morgan fingerprint density at radius 2 is 2.20 bits per heavy atom. The van der Waals surface area contributed by atoms with E-state index in [9.17, 15) is 15.2 Å². The van der Waals surface area contributed by atoms with E-state index < -0.39 is 11.0 Å². The van der Waals surface area contributed by atoms with Crippen LogP contribution in [0.5, 0.6) is 0 Å². The van der Waals surface area contributed by atoms with Gasteiger partial charge in [-0.1, -0.05) is 26.0 Å². The van der Waals surface area contributed by atoms with Gasteiger partial charge in [0.05, 0.1) is 11.0 Å². The maximum Gasteiger partial charge on any atom is 0.269 e. The fraction of sp³-hybridized carbons (Fsp3) is 0.600. The highest BCUT2D eigenvalue weighted by molar-refractivity contribution is 5.35. The van der Waals surface area contributed by atoms with Crippen LogP contribution in [-0.2, 0) is 0 Å². The fourth-order valence-electron chi connectivity index (χ4n) is 2.71. The number of piperidine rings is 1. The molecule has 1 aliphatic rings. The third-order valence-corrected chi connectivity index (χ3v) is 4.32. The van der Waals surface area contributed by atoms with Gasteiger partial charge >= 0.3 is 0 Å². The maximum atomic E-state index is 10.8. The number of nitro benzene ring substituents is 1. The number of aliphatic hydroxyl groups excluding tert-OH is 1. The molecule has 1 heterocycles. The van der Waals surface area contributed by atoms with Crippen LogP contribution in [-0.4, -0.2) is 34.6 Å². The number of non-ortho nitro benzene ring substituents is 1. The quantitative estimate of drug-likeness (QED) is 0.679. The molecule has 110 valence electrons. The SMILES string of the molecule is CC1CCN(CC(O)c2cccc([N+](=O)[O-])c2)CC1C. The van der Waals surface area contributed by atoms with Crippen LogP contribution in [0.1, 0.15) is 31.9 Å². The number of benzene rings is 1. The zero-order valence-corrected chi connectivity index (χ0v) is 12.0. The average Bonchev–Trinajstić information content (AvgIpc) is 2.43. The molecule has 5 nitrogen and oxygen atoms in total. The Morgan fingerprint density at radius 1 is 1.45 bits per heavy atom. The molecule has 1 aromatic carbocycles. The predicted octanol–water partition coefficient (Wildman–Crippen LogP) is 2.61. The van der Waals surface area contributed by atoms with Crippen LogP contribution < -0.4 is 0 Å². The van der Waals surface area contributed by atoms with Gasteiger partial charge < -0.3 is 10.0 Å². The van der Waals surface area contributed by atoms with Crippen LogP contribution in [0, 0.1) is 22.0 Å². The van der Waals surface area contributed by atoms with Gasteiger partial charge in [-0.05, 0) is 30.4 Å². The molecule has 0 radical (unpaired) electrons. The summed E-state index contributed by atoms with van der Waals surface area (Å²) in [6.45, 7) is 7.00. The highest BCUT2D eigenvalue weighted by atomic mass is 16.6. The lowest BCUT2D eigenvalue weighted by atomic mass is 9.88. The van der Waals surface area contributed by atoms with E-state index in [1.165, 1.54) is 12.1 Å². The van der Waals surface area contributed by atoms with E-state index in [1.807, 2.05) is 0 Å². The third kappa shape index (κ3) is 3.55. The van der Waals surface area contributed by atoms with Crippen LogP contribution in [0.15, 0.2) is 24.3 Å². The third-order valence-electron chi connectivity index (χ3n) is 4.32. The van der Waals surface area contributed by atoms with Crippen molar-refractivity contribution in [3.05, 3.63) is 39.9 Å². The molecule has 3 atom stereocenters. The van der Waals surface area contributed by atoms with Crippen molar-refractivity contribution >= 4 is 5.69 Å². The number of likely N-dealkylation sites (tertiary alicyclic amines) is 1. The predicted molar refractivity (Wildman–Crippen MR) is 77.4 cm³/mol. The molecule has 0 aliphatic carbocycles. The first kappa shape index (κ1) is 14.9. The van der Waals surface area contributed by atoms with Crippen LogP contribution >= 0.6 is 0 Å². The molecular weight excluding hydrogens is 256 g/mol. The van der Waals surface area contributed by atoms with E-state index in [-0.39, 0.29) is 5.69 Å². The van der Waals surface area contributed by atoms with Gasteiger partial charge in [0.2, 0.25) is 0 Å². The van der Waals surface area contributed by atoms with E-state index in [2.05, 4.69) is 18.7 Å². The van der Waals surface area contributed by atoms with Gasteiger partial charge in [-0.3, -0.25) is 10.1 Å². The molecule has 3 unspecified atom stereocenters. The second-order valence-corrected chi connectivity index (χ2v) is 5.87. The smallest absolute Gasteiger partial charge is 0.269 e. The lowest BCUT2D eigenvalue weighted by Crippen LogP contribution is -2.40. The summed E-state index contributed by atoms with van der Waals surface area (Å²) in [5.74, 6) is 1.35. The van der Waals surface area contributed by atoms with Crippen molar-refractivity contribution in [1.82, 2.24) is 4.90 Å². The van der Waals surface area contributed by atoms with Gasteiger partial charge in [-0.2, -0.15) is 0 Å². The van der Waals surface area contributed by atoms with Gasteiger partial charge in [0.25, 0.3) is 5.69 Å². The monoisotopic (exact) mass is 278 g/mol. The van der Waals surface area contributed by atoms with Crippen LogP contribution in [0.4, 0.5) is 5.69 Å². The van der Waals surface area contributed by atoms with Crippen molar-refractivity contribution in [2.24, 2.45) is 11.8 Å². The van der Waals surface area contributed by atoms with E-state index in [4.69, 9.17) is 0 Å². The molecule has 1 saturated heterocycles. The number of nitrogens with zero attached hydrogens (tertiary/aromatic N) is 2. The Kier molecular flexibility index (Phi) is 4.73. The molecule has 0 amide bonds. The van der Waals surface area contributed by atoms with Crippen LogP contribution in [0.3, 0.4) is 0 Å². The zero-order valence-electron chi connectivity index (χ0n) is 12.0. The minimum Gasteiger partial charge on any atom is -0.387 e. The number of β-amino-alcohol motifs (C(OH)–C–C–N with tert-alkyl or cyclic N) is 1. The van der Waals surface area contributed by atoms with Crippen molar-refractivity contribution in [2.75, 3.05) is 19.6 Å². The first-order valence-electron chi connectivity index (χ1n) is 7.12. The Morgan fingerprint density at radius 3 is 2.85 bits per heavy atom. The average molecular weight is 278 g/mol. The number of hydrogen-bond acceptors (Lipinski definition) is 4.